The van der Waals surface area contributed by atoms with E-state index in [1.807, 2.05) is 0 Å². The van der Waals surface area contributed by atoms with E-state index in [1.54, 1.807) is 12.1 Å². The van der Waals surface area contributed by atoms with Crippen LogP contribution in [0.2, 0.25) is 0 Å². The SMILES string of the molecule is [CH2]C(OC=O)OCc1ccc([N+](=O)[O-])cc1. The number of hydrogen-bond donors (Lipinski definition) is 0. The number of benzene rings is 1. The molecular formula is C10H10NO5. The van der Waals surface area contributed by atoms with Gasteiger partial charge in [-0.3, -0.25) is 14.9 Å². The third kappa shape index (κ3) is 3.66. The maximum Gasteiger partial charge on any atom is 0.295 e. The molecule has 0 aliphatic carbocycles. The lowest BCUT2D eigenvalue weighted by Gasteiger charge is -2.10. The van der Waals surface area contributed by atoms with Crippen LogP contribution in [0.5, 0.6) is 0 Å². The summed E-state index contributed by atoms with van der Waals surface area (Å²) in [6.07, 6.45) is -0.882. The van der Waals surface area contributed by atoms with Crippen LogP contribution < -0.4 is 0 Å². The van der Waals surface area contributed by atoms with Gasteiger partial charge in [0.05, 0.1) is 11.5 Å². The highest BCUT2D eigenvalue weighted by Crippen LogP contribution is 2.12. The fourth-order valence-corrected chi connectivity index (χ4v) is 1.00. The third-order valence-corrected chi connectivity index (χ3v) is 1.79. The smallest absolute Gasteiger partial charge is 0.295 e. The molecule has 1 atom stereocenters. The molecule has 0 aliphatic heterocycles. The predicted octanol–water partition coefficient (Wildman–Crippen LogP) is 1.44. The van der Waals surface area contributed by atoms with Crippen LogP contribution in [0.25, 0.3) is 0 Å². The Hall–Kier alpha value is -1.95. The third-order valence-electron chi connectivity index (χ3n) is 1.79. The van der Waals surface area contributed by atoms with Crippen molar-refractivity contribution >= 4 is 12.2 Å². The number of carbonyl (C=O) groups excluding carboxylic acids is 1. The number of nitrogens with zero attached hydrogens (tertiary/aromatic N) is 1. The Bertz CT molecular complexity index is 362. The van der Waals surface area contributed by atoms with Crippen molar-refractivity contribution in [1.82, 2.24) is 0 Å². The van der Waals surface area contributed by atoms with Gasteiger partial charge in [-0.05, 0) is 17.7 Å². The molecule has 1 aromatic carbocycles. The second kappa shape index (κ2) is 5.82. The summed E-state index contributed by atoms with van der Waals surface area (Å²) < 4.78 is 9.44. The van der Waals surface area contributed by atoms with Crippen LogP contribution in [-0.2, 0) is 20.9 Å². The second-order valence-corrected chi connectivity index (χ2v) is 2.90. The molecule has 85 valence electrons. The Kier molecular flexibility index (Phi) is 4.41. The van der Waals surface area contributed by atoms with E-state index in [4.69, 9.17) is 4.74 Å². The molecule has 1 unspecified atom stereocenters. The molecule has 16 heavy (non-hydrogen) atoms. The number of carbonyl (C=O) groups is 1. The Balaban J connectivity index is 2.49. The van der Waals surface area contributed by atoms with Crippen molar-refractivity contribution in [2.45, 2.75) is 12.9 Å². The van der Waals surface area contributed by atoms with Gasteiger partial charge in [0.1, 0.15) is 0 Å². The zero-order valence-electron chi connectivity index (χ0n) is 8.37. The van der Waals surface area contributed by atoms with Crippen LogP contribution >= 0.6 is 0 Å². The molecule has 6 nitrogen and oxygen atoms in total. The average molecular weight is 224 g/mol. The first-order chi connectivity index (χ1) is 7.63. The average Bonchev–Trinajstić information content (AvgIpc) is 2.27. The lowest BCUT2D eigenvalue weighted by atomic mass is 10.2. The highest BCUT2D eigenvalue weighted by Gasteiger charge is 2.05. The highest BCUT2D eigenvalue weighted by molar-refractivity contribution is 5.37. The van der Waals surface area contributed by atoms with Crippen LogP contribution in [0.4, 0.5) is 5.69 Å². The van der Waals surface area contributed by atoms with E-state index < -0.39 is 11.2 Å². The Morgan fingerprint density at radius 3 is 2.56 bits per heavy atom. The fraction of sp³-hybridized carbons (Fsp3) is 0.200. The summed E-state index contributed by atoms with van der Waals surface area (Å²) in [4.78, 5) is 19.8. The molecule has 1 radical (unpaired) electrons. The minimum Gasteiger partial charge on any atom is -0.438 e. The summed E-state index contributed by atoms with van der Waals surface area (Å²) >= 11 is 0. The van der Waals surface area contributed by atoms with Gasteiger partial charge >= 0.3 is 0 Å². The minimum atomic E-state index is -0.882. The Morgan fingerprint density at radius 2 is 2.06 bits per heavy atom. The van der Waals surface area contributed by atoms with Crippen molar-refractivity contribution in [2.24, 2.45) is 0 Å². The quantitative estimate of drug-likeness (QED) is 0.316. The second-order valence-electron chi connectivity index (χ2n) is 2.90. The summed E-state index contributed by atoms with van der Waals surface area (Å²) in [6.45, 7) is 3.81. The van der Waals surface area contributed by atoms with Crippen molar-refractivity contribution in [3.05, 3.63) is 46.9 Å². The molecule has 0 N–H and O–H groups in total. The minimum absolute atomic E-state index is 0.0130. The molecule has 0 spiro atoms. The molecular weight excluding hydrogens is 214 g/mol. The molecule has 0 saturated carbocycles. The van der Waals surface area contributed by atoms with E-state index in [0.29, 0.717) is 0 Å². The molecule has 1 aromatic rings. The number of ether oxygens (including phenoxy) is 2. The molecule has 0 fully saturated rings. The van der Waals surface area contributed by atoms with Crippen LogP contribution in [0.1, 0.15) is 5.56 Å². The Labute approximate surface area is 91.9 Å². The lowest BCUT2D eigenvalue weighted by molar-refractivity contribution is -0.384. The summed E-state index contributed by atoms with van der Waals surface area (Å²) in [5, 5.41) is 10.4. The zero-order chi connectivity index (χ0) is 12.0. The maximum absolute atomic E-state index is 10.4. The summed E-state index contributed by atoms with van der Waals surface area (Å²) in [7, 11) is 0. The van der Waals surface area contributed by atoms with Gasteiger partial charge in [0.15, 0.2) is 0 Å². The predicted molar refractivity (Wildman–Crippen MR) is 54.2 cm³/mol. The summed E-state index contributed by atoms with van der Waals surface area (Å²) in [6, 6.07) is 5.87. The largest absolute Gasteiger partial charge is 0.438 e. The highest BCUT2D eigenvalue weighted by atomic mass is 16.7. The number of rotatable bonds is 6. The van der Waals surface area contributed by atoms with Gasteiger partial charge in [-0.15, -0.1) is 0 Å². The van der Waals surface area contributed by atoms with Crippen LogP contribution in [-0.4, -0.2) is 17.7 Å². The van der Waals surface area contributed by atoms with E-state index in [2.05, 4.69) is 11.7 Å². The summed E-state index contributed by atoms with van der Waals surface area (Å²) in [5.74, 6) is 0. The number of hydrogen-bond acceptors (Lipinski definition) is 5. The standard InChI is InChI=1S/C10H10NO5/c1-8(16-7-12)15-6-9-2-4-10(5-3-9)11(13)14/h2-5,7-8H,1,6H2. The molecule has 0 aliphatic rings. The molecule has 0 bridgehead atoms. The number of nitro groups is 1. The van der Waals surface area contributed by atoms with E-state index in [1.165, 1.54) is 12.1 Å². The number of non-ortho nitro benzene ring substituents is 1. The van der Waals surface area contributed by atoms with Gasteiger partial charge in [-0.25, -0.2) is 0 Å². The first-order valence-electron chi connectivity index (χ1n) is 4.40. The van der Waals surface area contributed by atoms with Crippen molar-refractivity contribution in [2.75, 3.05) is 0 Å². The first-order valence-corrected chi connectivity index (χ1v) is 4.40. The first kappa shape index (κ1) is 12.1. The molecule has 0 aromatic heterocycles. The van der Waals surface area contributed by atoms with Gasteiger partial charge in [0.25, 0.3) is 12.2 Å². The summed E-state index contributed by atoms with van der Waals surface area (Å²) in [5.41, 5.74) is 0.743. The van der Waals surface area contributed by atoms with Crippen molar-refractivity contribution in [1.29, 1.82) is 0 Å². The van der Waals surface area contributed by atoms with Crippen molar-refractivity contribution < 1.29 is 19.2 Å². The molecule has 6 heteroatoms. The fourth-order valence-electron chi connectivity index (χ4n) is 1.00. The molecule has 1 rings (SSSR count). The van der Waals surface area contributed by atoms with E-state index in [9.17, 15) is 14.9 Å². The van der Waals surface area contributed by atoms with Gasteiger partial charge in [-0.1, -0.05) is 0 Å². The monoisotopic (exact) mass is 224 g/mol. The molecule has 0 heterocycles. The topological polar surface area (TPSA) is 78.7 Å². The van der Waals surface area contributed by atoms with E-state index in [0.717, 1.165) is 5.56 Å². The van der Waals surface area contributed by atoms with Gasteiger partial charge in [0.2, 0.25) is 6.29 Å². The maximum atomic E-state index is 10.4. The van der Waals surface area contributed by atoms with Crippen molar-refractivity contribution in [3.63, 3.8) is 0 Å². The van der Waals surface area contributed by atoms with Crippen LogP contribution in [0, 0.1) is 17.0 Å². The van der Waals surface area contributed by atoms with Gasteiger partial charge in [-0.2, -0.15) is 0 Å². The normalized spacial score (nSPS) is 11.8. The van der Waals surface area contributed by atoms with Crippen molar-refractivity contribution in [3.8, 4) is 0 Å². The zero-order valence-corrected chi connectivity index (χ0v) is 8.37. The Morgan fingerprint density at radius 1 is 1.44 bits per heavy atom. The van der Waals surface area contributed by atoms with Crippen LogP contribution in [0.3, 0.4) is 0 Å². The van der Waals surface area contributed by atoms with E-state index in [-0.39, 0.29) is 18.8 Å². The van der Waals surface area contributed by atoms with Crippen LogP contribution in [0.15, 0.2) is 24.3 Å². The van der Waals surface area contributed by atoms with E-state index >= 15 is 0 Å². The van der Waals surface area contributed by atoms with Gasteiger partial charge in [0, 0.05) is 19.1 Å². The molecule has 0 saturated heterocycles. The number of nitro benzene ring substituents is 1. The molecule has 0 amide bonds. The van der Waals surface area contributed by atoms with Gasteiger partial charge < -0.3 is 9.47 Å². The lowest BCUT2D eigenvalue weighted by Crippen LogP contribution is -2.11.